The molecule has 4 aliphatic rings. The van der Waals surface area contributed by atoms with Crippen LogP contribution in [-0.2, 0) is 4.79 Å². The third kappa shape index (κ3) is 3.79. The number of hydrogen-bond donors (Lipinski definition) is 4. The molecule has 0 bridgehead atoms. The summed E-state index contributed by atoms with van der Waals surface area (Å²) >= 11 is 0. The Kier molecular flexibility index (Phi) is 6.73. The van der Waals surface area contributed by atoms with E-state index in [4.69, 9.17) is 0 Å². The topological polar surface area (TPSA) is 98.0 Å². The Labute approximate surface area is 211 Å². The van der Waals surface area contributed by atoms with E-state index in [0.717, 1.165) is 31.3 Å². The molecule has 5 nitrogen and oxygen atoms in total. The van der Waals surface area contributed by atoms with Crippen molar-refractivity contribution in [3.63, 3.8) is 0 Å². The number of carboxylic acids is 1. The smallest absolute Gasteiger partial charge is 0.306 e. The van der Waals surface area contributed by atoms with Crippen molar-refractivity contribution in [2.75, 3.05) is 6.61 Å². The maximum Gasteiger partial charge on any atom is 0.306 e. The molecule has 8 atom stereocenters. The summed E-state index contributed by atoms with van der Waals surface area (Å²) in [5.41, 5.74) is 2.72. The van der Waals surface area contributed by atoms with E-state index in [1.165, 1.54) is 11.1 Å². The summed E-state index contributed by atoms with van der Waals surface area (Å²) in [5, 5.41) is 41.8. The van der Waals surface area contributed by atoms with Crippen molar-refractivity contribution in [3.8, 4) is 0 Å². The second kappa shape index (κ2) is 8.85. The summed E-state index contributed by atoms with van der Waals surface area (Å²) in [6.45, 7) is 13.1. The predicted octanol–water partition coefficient (Wildman–Crippen LogP) is 5.26. The van der Waals surface area contributed by atoms with Crippen LogP contribution in [0.2, 0.25) is 0 Å². The number of aliphatic hydroxyl groups excluding tert-OH is 3. The van der Waals surface area contributed by atoms with Crippen LogP contribution in [-0.4, -0.2) is 45.2 Å². The lowest BCUT2D eigenvalue weighted by molar-refractivity contribution is -0.148. The molecule has 0 amide bonds. The van der Waals surface area contributed by atoms with Crippen LogP contribution < -0.4 is 0 Å². The Morgan fingerprint density at radius 3 is 2.46 bits per heavy atom. The van der Waals surface area contributed by atoms with Crippen molar-refractivity contribution >= 4 is 5.97 Å². The monoisotopic (exact) mass is 486 g/mol. The van der Waals surface area contributed by atoms with Gasteiger partial charge in [0, 0.05) is 11.3 Å². The van der Waals surface area contributed by atoms with Crippen LogP contribution in [0, 0.1) is 39.4 Å². The summed E-state index contributed by atoms with van der Waals surface area (Å²) in [4.78, 5) is 12.5. The highest BCUT2D eigenvalue weighted by Crippen LogP contribution is 2.71. The van der Waals surface area contributed by atoms with Crippen molar-refractivity contribution in [2.24, 2.45) is 39.4 Å². The Balaban J connectivity index is 1.72. The number of allylic oxidation sites excluding steroid dienone is 5. The molecule has 0 aromatic heterocycles. The first kappa shape index (κ1) is 26.6. The third-order valence-electron chi connectivity index (χ3n) is 11.2. The van der Waals surface area contributed by atoms with Gasteiger partial charge in [-0.3, -0.25) is 4.79 Å². The summed E-state index contributed by atoms with van der Waals surface area (Å²) in [6, 6.07) is 0. The van der Waals surface area contributed by atoms with E-state index in [2.05, 4.69) is 46.8 Å². The average Bonchev–Trinajstić information content (AvgIpc) is 2.99. The highest BCUT2D eigenvalue weighted by Gasteiger charge is 2.66. The minimum absolute atomic E-state index is 0.0149. The second-order valence-corrected chi connectivity index (χ2v) is 13.3. The molecule has 0 aromatic carbocycles. The molecule has 4 aliphatic carbocycles. The van der Waals surface area contributed by atoms with E-state index in [0.29, 0.717) is 25.2 Å². The van der Waals surface area contributed by atoms with Gasteiger partial charge in [-0.15, -0.1) is 0 Å². The van der Waals surface area contributed by atoms with E-state index < -0.39 is 18.0 Å². The lowest BCUT2D eigenvalue weighted by atomic mass is 9.44. The fourth-order valence-corrected chi connectivity index (χ4v) is 8.85. The van der Waals surface area contributed by atoms with E-state index in [-0.39, 0.29) is 40.3 Å². The minimum Gasteiger partial charge on any atom is -0.481 e. The quantitative estimate of drug-likeness (QED) is 0.384. The zero-order chi connectivity index (χ0) is 26.0. The van der Waals surface area contributed by atoms with Crippen molar-refractivity contribution in [1.29, 1.82) is 0 Å². The van der Waals surface area contributed by atoms with Crippen LogP contribution in [0.3, 0.4) is 0 Å². The van der Waals surface area contributed by atoms with Crippen molar-refractivity contribution < 1.29 is 25.2 Å². The van der Waals surface area contributed by atoms with Crippen molar-refractivity contribution in [2.45, 2.75) is 98.7 Å². The van der Waals surface area contributed by atoms with Gasteiger partial charge in [0.1, 0.15) is 0 Å². The maximum absolute atomic E-state index is 12.5. The highest BCUT2D eigenvalue weighted by molar-refractivity contribution is 5.71. The highest BCUT2D eigenvalue weighted by atomic mass is 16.4. The molecule has 0 spiro atoms. The van der Waals surface area contributed by atoms with Gasteiger partial charge in [0.2, 0.25) is 0 Å². The number of rotatable bonds is 6. The molecular formula is C30H46O5. The molecule has 5 heteroatoms. The van der Waals surface area contributed by atoms with E-state index in [1.54, 1.807) is 0 Å². The first-order chi connectivity index (χ1) is 16.2. The zero-order valence-corrected chi connectivity index (χ0v) is 22.5. The first-order valence-electron chi connectivity index (χ1n) is 13.5. The molecule has 35 heavy (non-hydrogen) atoms. The van der Waals surface area contributed by atoms with Crippen molar-refractivity contribution in [3.05, 3.63) is 34.9 Å². The SMILES string of the molecule is C/C(=C\CC[C@@H](C(=O)O)[C@H]1[C@H](O)C[C@@]2(C)C3=CC[C@H]4C(C)(C)[C@@H](O)CC[C@]4(C)C3=CC[C@]12C)CO. The molecule has 2 fully saturated rings. The number of hydrogen-bond acceptors (Lipinski definition) is 4. The molecule has 2 saturated carbocycles. The standard InChI is InChI=1S/C30H46O5/c1-18(17-31)8-7-9-19(26(34)35)25-22(32)16-30(6)21-10-11-23-27(2,3)24(33)13-14-28(23,4)20(21)12-15-29(25,30)5/h8,10,12,19,22-25,31-33H,7,9,11,13-17H2,1-6H3,(H,34,35)/b18-8+/t19-,22-,23+,24+,25+,28-,29-,30+/m1/s1. The molecule has 0 heterocycles. The molecule has 0 aromatic rings. The van der Waals surface area contributed by atoms with Crippen LogP contribution in [0.5, 0.6) is 0 Å². The fourth-order valence-electron chi connectivity index (χ4n) is 8.85. The number of carbonyl (C=O) groups is 1. The number of aliphatic carboxylic acids is 1. The summed E-state index contributed by atoms with van der Waals surface area (Å²) < 4.78 is 0. The summed E-state index contributed by atoms with van der Waals surface area (Å²) in [7, 11) is 0. The fraction of sp³-hybridized carbons (Fsp3) is 0.767. The largest absolute Gasteiger partial charge is 0.481 e. The second-order valence-electron chi connectivity index (χ2n) is 13.3. The van der Waals surface area contributed by atoms with E-state index >= 15 is 0 Å². The lowest BCUT2D eigenvalue weighted by Crippen LogP contribution is -2.54. The zero-order valence-electron chi connectivity index (χ0n) is 22.5. The van der Waals surface area contributed by atoms with Crippen LogP contribution in [0.15, 0.2) is 34.9 Å². The average molecular weight is 487 g/mol. The number of aliphatic hydroxyl groups is 3. The van der Waals surface area contributed by atoms with Crippen LogP contribution in [0.4, 0.5) is 0 Å². The summed E-state index contributed by atoms with van der Waals surface area (Å²) in [5.74, 6) is -1.44. The Bertz CT molecular complexity index is 960. The van der Waals surface area contributed by atoms with Gasteiger partial charge < -0.3 is 20.4 Å². The van der Waals surface area contributed by atoms with Crippen LogP contribution >= 0.6 is 0 Å². The molecule has 4 N–H and O–H groups in total. The van der Waals surface area contributed by atoms with Gasteiger partial charge in [0.25, 0.3) is 0 Å². The van der Waals surface area contributed by atoms with Gasteiger partial charge in [0.05, 0.1) is 24.7 Å². The van der Waals surface area contributed by atoms with Gasteiger partial charge in [-0.2, -0.15) is 0 Å². The molecule has 0 unspecified atom stereocenters. The minimum atomic E-state index is -0.836. The Morgan fingerprint density at radius 1 is 1.14 bits per heavy atom. The lowest BCUT2D eigenvalue weighted by Gasteiger charge is -2.61. The van der Waals surface area contributed by atoms with E-state index in [1.807, 2.05) is 13.0 Å². The van der Waals surface area contributed by atoms with Crippen LogP contribution in [0.1, 0.15) is 86.5 Å². The van der Waals surface area contributed by atoms with Gasteiger partial charge in [0.15, 0.2) is 0 Å². The molecule has 0 radical (unpaired) electrons. The molecule has 196 valence electrons. The number of carboxylic acid groups (broad SMARTS) is 1. The Hall–Kier alpha value is -1.43. The maximum atomic E-state index is 12.5. The normalized spacial score (nSPS) is 43.4. The van der Waals surface area contributed by atoms with Gasteiger partial charge in [-0.25, -0.2) is 0 Å². The Morgan fingerprint density at radius 2 is 1.83 bits per heavy atom. The predicted molar refractivity (Wildman–Crippen MR) is 138 cm³/mol. The number of fused-ring (bicyclic) bond motifs is 5. The van der Waals surface area contributed by atoms with Crippen LogP contribution in [0.25, 0.3) is 0 Å². The molecule has 0 saturated heterocycles. The first-order valence-corrected chi connectivity index (χ1v) is 13.5. The molecule has 0 aliphatic heterocycles. The molecular weight excluding hydrogens is 440 g/mol. The van der Waals surface area contributed by atoms with Gasteiger partial charge in [-0.05, 0) is 85.2 Å². The summed E-state index contributed by atoms with van der Waals surface area (Å²) in [6.07, 6.45) is 10.7. The van der Waals surface area contributed by atoms with Gasteiger partial charge >= 0.3 is 5.97 Å². The van der Waals surface area contributed by atoms with Crippen molar-refractivity contribution in [1.82, 2.24) is 0 Å². The van der Waals surface area contributed by atoms with E-state index in [9.17, 15) is 25.2 Å². The molecule has 4 rings (SSSR count). The van der Waals surface area contributed by atoms with Gasteiger partial charge in [-0.1, -0.05) is 58.4 Å². The third-order valence-corrected chi connectivity index (χ3v) is 11.2.